The van der Waals surface area contributed by atoms with Crippen LogP contribution < -0.4 is 5.73 Å². The zero-order valence-electron chi connectivity index (χ0n) is 10.1. The Kier molecular flexibility index (Phi) is 3.22. The fraction of sp³-hybridized carbons (Fsp3) is 0.143. The summed E-state index contributed by atoms with van der Waals surface area (Å²) in [5.74, 6) is -0.637. The van der Waals surface area contributed by atoms with E-state index in [1.165, 1.54) is 18.2 Å². The van der Waals surface area contributed by atoms with E-state index in [9.17, 15) is 17.6 Å². The maximum Gasteiger partial charge on any atom is 0.416 e. The van der Waals surface area contributed by atoms with Gasteiger partial charge in [0.25, 0.3) is 0 Å². The second kappa shape index (κ2) is 4.57. The van der Waals surface area contributed by atoms with Crippen LogP contribution in [0.5, 0.6) is 0 Å². The predicted octanol–water partition coefficient (Wildman–Crippen LogP) is 4.40. The van der Waals surface area contributed by atoms with Crippen LogP contribution in [0.25, 0.3) is 11.1 Å². The molecule has 100 valence electrons. The lowest BCUT2D eigenvalue weighted by Gasteiger charge is -2.11. The monoisotopic (exact) mass is 269 g/mol. The highest BCUT2D eigenvalue weighted by atomic mass is 19.4. The lowest BCUT2D eigenvalue weighted by molar-refractivity contribution is -0.137. The summed E-state index contributed by atoms with van der Waals surface area (Å²) in [6.07, 6.45) is -4.45. The molecular weight excluding hydrogens is 258 g/mol. The molecule has 2 rings (SSSR count). The van der Waals surface area contributed by atoms with Crippen molar-refractivity contribution in [3.63, 3.8) is 0 Å². The number of anilines is 1. The molecule has 0 saturated carbocycles. The summed E-state index contributed by atoms with van der Waals surface area (Å²) in [5, 5.41) is 0. The third-order valence-corrected chi connectivity index (χ3v) is 2.86. The standard InChI is InChI=1S/C14H11F4N/c1-8-5-11(12(15)7-13(8)19)9-3-2-4-10(6-9)14(16,17)18/h2-7H,19H2,1H3. The van der Waals surface area contributed by atoms with Crippen LogP contribution in [-0.4, -0.2) is 0 Å². The summed E-state index contributed by atoms with van der Waals surface area (Å²) < 4.78 is 51.6. The Hall–Kier alpha value is -2.04. The van der Waals surface area contributed by atoms with Crippen molar-refractivity contribution < 1.29 is 17.6 Å². The molecule has 0 aliphatic rings. The highest BCUT2D eigenvalue weighted by Gasteiger charge is 2.30. The Bertz CT molecular complexity index is 617. The lowest BCUT2D eigenvalue weighted by atomic mass is 10.00. The van der Waals surface area contributed by atoms with E-state index in [1.807, 2.05) is 0 Å². The first-order valence-electron chi connectivity index (χ1n) is 5.52. The van der Waals surface area contributed by atoms with Crippen LogP contribution in [0.2, 0.25) is 0 Å². The molecule has 0 heterocycles. The quantitative estimate of drug-likeness (QED) is 0.602. The van der Waals surface area contributed by atoms with Gasteiger partial charge in [0.15, 0.2) is 0 Å². The molecule has 0 atom stereocenters. The van der Waals surface area contributed by atoms with E-state index in [0.717, 1.165) is 18.2 Å². The van der Waals surface area contributed by atoms with Gasteiger partial charge in [0.05, 0.1) is 5.56 Å². The molecule has 2 aromatic rings. The van der Waals surface area contributed by atoms with Crippen molar-refractivity contribution in [2.24, 2.45) is 0 Å². The van der Waals surface area contributed by atoms with Gasteiger partial charge in [-0.2, -0.15) is 13.2 Å². The highest BCUT2D eigenvalue weighted by molar-refractivity contribution is 5.69. The largest absolute Gasteiger partial charge is 0.416 e. The maximum atomic E-state index is 13.8. The minimum Gasteiger partial charge on any atom is -0.398 e. The summed E-state index contributed by atoms with van der Waals surface area (Å²) >= 11 is 0. The fourth-order valence-corrected chi connectivity index (χ4v) is 1.78. The summed E-state index contributed by atoms with van der Waals surface area (Å²) in [7, 11) is 0. The van der Waals surface area contributed by atoms with Gasteiger partial charge in [-0.1, -0.05) is 12.1 Å². The van der Waals surface area contributed by atoms with E-state index in [-0.39, 0.29) is 16.8 Å². The van der Waals surface area contributed by atoms with Crippen molar-refractivity contribution in [3.8, 4) is 11.1 Å². The Balaban J connectivity index is 2.57. The molecule has 0 aromatic heterocycles. The van der Waals surface area contributed by atoms with E-state index >= 15 is 0 Å². The molecule has 2 aromatic carbocycles. The Morgan fingerprint density at radius 2 is 1.74 bits per heavy atom. The zero-order chi connectivity index (χ0) is 14.2. The first-order valence-corrected chi connectivity index (χ1v) is 5.52. The topological polar surface area (TPSA) is 26.0 Å². The highest BCUT2D eigenvalue weighted by Crippen LogP contribution is 2.33. The molecule has 5 heteroatoms. The molecule has 0 bridgehead atoms. The van der Waals surface area contributed by atoms with E-state index in [4.69, 9.17) is 5.73 Å². The van der Waals surface area contributed by atoms with Gasteiger partial charge in [-0.3, -0.25) is 0 Å². The van der Waals surface area contributed by atoms with Crippen molar-refractivity contribution in [2.75, 3.05) is 5.73 Å². The van der Waals surface area contributed by atoms with E-state index in [2.05, 4.69) is 0 Å². The second-order valence-corrected chi connectivity index (χ2v) is 4.27. The summed E-state index contributed by atoms with van der Waals surface area (Å²) in [6.45, 7) is 1.67. The second-order valence-electron chi connectivity index (χ2n) is 4.27. The number of nitrogens with two attached hydrogens (primary N) is 1. The Morgan fingerprint density at radius 1 is 1.05 bits per heavy atom. The molecule has 2 N–H and O–H groups in total. The number of halogens is 4. The van der Waals surface area contributed by atoms with E-state index in [1.54, 1.807) is 6.92 Å². The number of nitrogen functional groups attached to an aromatic ring is 1. The van der Waals surface area contributed by atoms with Crippen LogP contribution in [0.3, 0.4) is 0 Å². The van der Waals surface area contributed by atoms with Crippen molar-refractivity contribution in [3.05, 3.63) is 53.3 Å². The first-order chi connectivity index (χ1) is 8.79. The minimum atomic E-state index is -4.45. The molecule has 0 aliphatic heterocycles. The number of rotatable bonds is 1. The minimum absolute atomic E-state index is 0.109. The van der Waals surface area contributed by atoms with Gasteiger partial charge < -0.3 is 5.73 Å². The molecule has 0 radical (unpaired) electrons. The first kappa shape index (κ1) is 13.4. The van der Waals surface area contributed by atoms with Gasteiger partial charge in [0.1, 0.15) is 5.82 Å². The van der Waals surface area contributed by atoms with Crippen molar-refractivity contribution in [1.29, 1.82) is 0 Å². The molecule has 0 fully saturated rings. The summed E-state index contributed by atoms with van der Waals surface area (Å²) in [4.78, 5) is 0. The lowest BCUT2D eigenvalue weighted by Crippen LogP contribution is -2.04. The van der Waals surface area contributed by atoms with Gasteiger partial charge in [-0.15, -0.1) is 0 Å². The average Bonchev–Trinajstić information content (AvgIpc) is 2.33. The number of alkyl halides is 3. The Morgan fingerprint density at radius 3 is 2.37 bits per heavy atom. The molecule has 0 saturated heterocycles. The number of benzene rings is 2. The third kappa shape index (κ3) is 2.70. The van der Waals surface area contributed by atoms with Crippen LogP contribution in [-0.2, 0) is 6.18 Å². The third-order valence-electron chi connectivity index (χ3n) is 2.86. The Labute approximate surface area is 107 Å². The molecule has 0 spiro atoms. The van der Waals surface area contributed by atoms with E-state index in [0.29, 0.717) is 5.56 Å². The van der Waals surface area contributed by atoms with Crippen LogP contribution in [0, 0.1) is 12.7 Å². The maximum absolute atomic E-state index is 13.8. The molecular formula is C14H11F4N. The van der Waals surface area contributed by atoms with Gasteiger partial charge in [-0.05, 0) is 42.3 Å². The number of aryl methyl sites for hydroxylation is 1. The predicted molar refractivity (Wildman–Crippen MR) is 66.0 cm³/mol. The fourth-order valence-electron chi connectivity index (χ4n) is 1.78. The SMILES string of the molecule is Cc1cc(-c2cccc(C(F)(F)F)c2)c(F)cc1N. The normalized spacial score (nSPS) is 11.6. The molecule has 0 amide bonds. The molecule has 19 heavy (non-hydrogen) atoms. The number of hydrogen-bond acceptors (Lipinski definition) is 1. The average molecular weight is 269 g/mol. The van der Waals surface area contributed by atoms with Gasteiger partial charge in [0.2, 0.25) is 0 Å². The van der Waals surface area contributed by atoms with Gasteiger partial charge in [0, 0.05) is 11.3 Å². The van der Waals surface area contributed by atoms with Crippen molar-refractivity contribution in [2.45, 2.75) is 13.1 Å². The smallest absolute Gasteiger partial charge is 0.398 e. The van der Waals surface area contributed by atoms with Crippen LogP contribution in [0.15, 0.2) is 36.4 Å². The van der Waals surface area contributed by atoms with Gasteiger partial charge >= 0.3 is 6.18 Å². The van der Waals surface area contributed by atoms with E-state index < -0.39 is 17.6 Å². The summed E-state index contributed by atoms with van der Waals surface area (Å²) in [5.41, 5.74) is 5.92. The van der Waals surface area contributed by atoms with Crippen LogP contribution >= 0.6 is 0 Å². The molecule has 0 aliphatic carbocycles. The van der Waals surface area contributed by atoms with Crippen LogP contribution in [0.1, 0.15) is 11.1 Å². The summed E-state index contributed by atoms with van der Waals surface area (Å²) in [6, 6.07) is 7.12. The molecule has 1 nitrogen and oxygen atoms in total. The van der Waals surface area contributed by atoms with Crippen LogP contribution in [0.4, 0.5) is 23.2 Å². The number of hydrogen-bond donors (Lipinski definition) is 1. The van der Waals surface area contributed by atoms with Gasteiger partial charge in [-0.25, -0.2) is 4.39 Å². The molecule has 0 unspecified atom stereocenters. The zero-order valence-corrected chi connectivity index (χ0v) is 10.1. The van der Waals surface area contributed by atoms with Crippen molar-refractivity contribution >= 4 is 5.69 Å². The van der Waals surface area contributed by atoms with Crippen molar-refractivity contribution in [1.82, 2.24) is 0 Å².